The maximum Gasteiger partial charge on any atom is 0.129 e. The fraction of sp³-hybridized carbons (Fsp3) is 0.300. The summed E-state index contributed by atoms with van der Waals surface area (Å²) in [5.74, 6) is 1.03. The Morgan fingerprint density at radius 3 is 2.95 bits per heavy atom. The third-order valence-electron chi connectivity index (χ3n) is 4.68. The van der Waals surface area contributed by atoms with E-state index >= 15 is 0 Å². The van der Waals surface area contributed by atoms with Gasteiger partial charge in [-0.1, -0.05) is 25.1 Å². The highest BCUT2D eigenvalue weighted by Gasteiger charge is 2.20. The second kappa shape index (κ2) is 5.53. The van der Waals surface area contributed by atoms with Crippen molar-refractivity contribution in [3.8, 4) is 5.75 Å². The lowest BCUT2D eigenvalue weighted by atomic mass is 9.98. The molecule has 0 bridgehead atoms. The molecule has 0 amide bonds. The lowest BCUT2D eigenvalue weighted by Gasteiger charge is -2.32. The summed E-state index contributed by atoms with van der Waals surface area (Å²) in [5, 5.41) is 0. The summed E-state index contributed by atoms with van der Waals surface area (Å²) in [4.78, 5) is 2.42. The van der Waals surface area contributed by atoms with Crippen LogP contribution in [0.25, 0.3) is 5.57 Å². The van der Waals surface area contributed by atoms with Crippen LogP contribution in [0.5, 0.6) is 5.75 Å². The van der Waals surface area contributed by atoms with Crippen LogP contribution in [0.3, 0.4) is 0 Å². The van der Waals surface area contributed by atoms with Crippen LogP contribution >= 0.6 is 0 Å². The van der Waals surface area contributed by atoms with Crippen molar-refractivity contribution in [1.82, 2.24) is 0 Å². The molecule has 0 radical (unpaired) electrons. The number of para-hydroxylation sites is 1. The summed E-state index contributed by atoms with van der Waals surface area (Å²) < 4.78 is 5.87. The van der Waals surface area contributed by atoms with E-state index in [1.165, 1.54) is 40.9 Å². The van der Waals surface area contributed by atoms with Crippen molar-refractivity contribution < 1.29 is 4.74 Å². The maximum atomic E-state index is 5.87. The third kappa shape index (κ3) is 2.19. The van der Waals surface area contributed by atoms with Crippen molar-refractivity contribution in [3.63, 3.8) is 0 Å². The van der Waals surface area contributed by atoms with E-state index in [-0.39, 0.29) is 0 Å². The zero-order chi connectivity index (χ0) is 14.9. The summed E-state index contributed by atoms with van der Waals surface area (Å²) in [5.41, 5.74) is 6.68. The van der Waals surface area contributed by atoms with E-state index in [0.717, 1.165) is 18.7 Å². The molecule has 0 aromatic heterocycles. The summed E-state index contributed by atoms with van der Waals surface area (Å²) in [6, 6.07) is 15.4. The Kier molecular flexibility index (Phi) is 3.38. The van der Waals surface area contributed by atoms with E-state index in [0.29, 0.717) is 6.61 Å². The van der Waals surface area contributed by atoms with Gasteiger partial charge in [0.2, 0.25) is 0 Å². The average molecular weight is 291 g/mol. The molecule has 0 saturated heterocycles. The van der Waals surface area contributed by atoms with E-state index in [1.807, 2.05) is 0 Å². The molecule has 2 heteroatoms. The van der Waals surface area contributed by atoms with Crippen LogP contribution in [-0.4, -0.2) is 13.2 Å². The molecule has 4 rings (SSSR count). The van der Waals surface area contributed by atoms with Gasteiger partial charge in [0.05, 0.1) is 0 Å². The van der Waals surface area contributed by atoms with Gasteiger partial charge in [-0.2, -0.15) is 0 Å². The summed E-state index contributed by atoms with van der Waals surface area (Å²) in [6.45, 7) is 3.97. The lowest BCUT2D eigenvalue weighted by Crippen LogP contribution is -2.24. The number of nitrogens with zero attached hydrogens (tertiary/aromatic N) is 1. The first-order valence-corrected chi connectivity index (χ1v) is 8.18. The quantitative estimate of drug-likeness (QED) is 0.775. The molecule has 2 aliphatic rings. The van der Waals surface area contributed by atoms with Gasteiger partial charge in [0.1, 0.15) is 12.4 Å². The van der Waals surface area contributed by atoms with Crippen molar-refractivity contribution in [1.29, 1.82) is 0 Å². The molecule has 2 nitrogen and oxygen atoms in total. The van der Waals surface area contributed by atoms with Gasteiger partial charge < -0.3 is 9.64 Å². The minimum atomic E-state index is 0.691. The highest BCUT2D eigenvalue weighted by atomic mass is 16.5. The number of fused-ring (bicyclic) bond motifs is 2. The minimum absolute atomic E-state index is 0.691. The van der Waals surface area contributed by atoms with Gasteiger partial charge in [-0.3, -0.25) is 0 Å². The van der Waals surface area contributed by atoms with Crippen LogP contribution in [0, 0.1) is 0 Å². The number of aryl methyl sites for hydroxylation is 1. The van der Waals surface area contributed by atoms with Gasteiger partial charge in [0.15, 0.2) is 0 Å². The second-order valence-corrected chi connectivity index (χ2v) is 5.96. The van der Waals surface area contributed by atoms with E-state index in [1.54, 1.807) is 0 Å². The predicted molar refractivity (Wildman–Crippen MR) is 92.0 cm³/mol. The van der Waals surface area contributed by atoms with E-state index in [4.69, 9.17) is 4.74 Å². The van der Waals surface area contributed by atoms with Crippen LogP contribution in [-0.2, 0) is 6.42 Å². The Hall–Kier alpha value is -2.22. The number of anilines is 2. The molecule has 2 aliphatic heterocycles. The van der Waals surface area contributed by atoms with Crippen molar-refractivity contribution in [2.45, 2.75) is 26.2 Å². The van der Waals surface area contributed by atoms with Crippen molar-refractivity contribution >= 4 is 16.9 Å². The first-order chi connectivity index (χ1) is 10.9. The topological polar surface area (TPSA) is 12.5 Å². The highest BCUT2D eigenvalue weighted by molar-refractivity contribution is 5.77. The molecular weight excluding hydrogens is 270 g/mol. The zero-order valence-corrected chi connectivity index (χ0v) is 13.0. The standard InChI is InChI=1S/C20H21NO/c1-2-15-11-13-22-20-14-17(9-10-18(15)20)21-12-5-7-16-6-3-4-8-19(16)21/h3-4,6,8-11,14H,2,5,7,12-13H2,1H3. The molecule has 2 heterocycles. The molecule has 0 aliphatic carbocycles. The molecule has 0 spiro atoms. The first-order valence-electron chi connectivity index (χ1n) is 8.18. The minimum Gasteiger partial charge on any atom is -0.489 e. The monoisotopic (exact) mass is 291 g/mol. The molecular formula is C20H21NO. The molecule has 2 aromatic rings. The summed E-state index contributed by atoms with van der Waals surface area (Å²) >= 11 is 0. The number of hydrogen-bond acceptors (Lipinski definition) is 2. The predicted octanol–water partition coefficient (Wildman–Crippen LogP) is 4.96. The van der Waals surface area contributed by atoms with Crippen LogP contribution in [0.1, 0.15) is 30.9 Å². The van der Waals surface area contributed by atoms with Gasteiger partial charge in [-0.05, 0) is 54.7 Å². The van der Waals surface area contributed by atoms with Crippen LogP contribution in [0.2, 0.25) is 0 Å². The van der Waals surface area contributed by atoms with Crippen LogP contribution in [0.15, 0.2) is 48.5 Å². The Labute approximate surface area is 132 Å². The molecule has 2 aromatic carbocycles. The number of allylic oxidation sites excluding steroid dienone is 1. The molecule has 0 atom stereocenters. The van der Waals surface area contributed by atoms with Gasteiger partial charge in [-0.15, -0.1) is 0 Å². The fourth-order valence-corrected chi connectivity index (χ4v) is 3.54. The van der Waals surface area contributed by atoms with Gasteiger partial charge >= 0.3 is 0 Å². The molecule has 112 valence electrons. The van der Waals surface area contributed by atoms with Crippen LogP contribution < -0.4 is 9.64 Å². The van der Waals surface area contributed by atoms with Gasteiger partial charge in [0, 0.05) is 29.5 Å². The third-order valence-corrected chi connectivity index (χ3v) is 4.68. The van der Waals surface area contributed by atoms with Gasteiger partial charge in [-0.25, -0.2) is 0 Å². The number of rotatable bonds is 2. The zero-order valence-electron chi connectivity index (χ0n) is 13.0. The Morgan fingerprint density at radius 1 is 1.14 bits per heavy atom. The summed E-state index contributed by atoms with van der Waals surface area (Å²) in [7, 11) is 0. The highest BCUT2D eigenvalue weighted by Crippen LogP contribution is 2.39. The van der Waals surface area contributed by atoms with E-state index < -0.39 is 0 Å². The van der Waals surface area contributed by atoms with Crippen LogP contribution in [0.4, 0.5) is 11.4 Å². The largest absolute Gasteiger partial charge is 0.489 e. The van der Waals surface area contributed by atoms with Crippen molar-refractivity contribution in [3.05, 3.63) is 59.7 Å². The molecule has 0 fully saturated rings. The Balaban J connectivity index is 1.75. The van der Waals surface area contributed by atoms with Crippen molar-refractivity contribution in [2.75, 3.05) is 18.1 Å². The van der Waals surface area contributed by atoms with Gasteiger partial charge in [0.25, 0.3) is 0 Å². The number of ether oxygens (including phenoxy) is 1. The Bertz CT molecular complexity index is 732. The maximum absolute atomic E-state index is 5.87. The Morgan fingerprint density at radius 2 is 2.05 bits per heavy atom. The number of hydrogen-bond donors (Lipinski definition) is 0. The first kappa shape index (κ1) is 13.4. The normalized spacial score (nSPS) is 16.4. The molecule has 0 unspecified atom stereocenters. The van der Waals surface area contributed by atoms with E-state index in [2.05, 4.69) is 60.4 Å². The average Bonchev–Trinajstić information content (AvgIpc) is 2.60. The molecule has 22 heavy (non-hydrogen) atoms. The lowest BCUT2D eigenvalue weighted by molar-refractivity contribution is 0.357. The number of benzene rings is 2. The molecule has 0 saturated carbocycles. The fourth-order valence-electron chi connectivity index (χ4n) is 3.54. The van der Waals surface area contributed by atoms with E-state index in [9.17, 15) is 0 Å². The summed E-state index contributed by atoms with van der Waals surface area (Å²) in [6.07, 6.45) is 5.63. The second-order valence-electron chi connectivity index (χ2n) is 5.96. The van der Waals surface area contributed by atoms with Crippen molar-refractivity contribution in [2.24, 2.45) is 0 Å². The molecule has 0 N–H and O–H groups in total. The smallest absolute Gasteiger partial charge is 0.129 e. The SMILES string of the molecule is CCC1=CCOc2cc(N3CCCc4ccccc43)ccc21.